The fourth-order valence-electron chi connectivity index (χ4n) is 4.59. The van der Waals surface area contributed by atoms with Gasteiger partial charge in [-0.3, -0.25) is 0 Å². The summed E-state index contributed by atoms with van der Waals surface area (Å²) in [7, 11) is 0. The molecule has 35 heavy (non-hydrogen) atoms. The number of benzene rings is 1. The van der Waals surface area contributed by atoms with Gasteiger partial charge in [-0.15, -0.1) is 5.10 Å². The Balaban J connectivity index is 1.38. The highest BCUT2D eigenvalue weighted by Gasteiger charge is 2.28. The highest BCUT2D eigenvalue weighted by Crippen LogP contribution is 2.35. The van der Waals surface area contributed by atoms with Gasteiger partial charge < -0.3 is 4.90 Å². The minimum Gasteiger partial charge on any atom is -0.348 e. The molecule has 0 bridgehead atoms. The Bertz CT molecular complexity index is 1520. The third-order valence-electron chi connectivity index (χ3n) is 6.22. The van der Waals surface area contributed by atoms with E-state index >= 15 is 0 Å². The second-order valence-electron chi connectivity index (χ2n) is 8.35. The normalized spacial score (nSPS) is 15.7. The summed E-state index contributed by atoms with van der Waals surface area (Å²) in [4.78, 5) is 20.5. The molecule has 1 atom stereocenters. The van der Waals surface area contributed by atoms with Gasteiger partial charge in [0, 0.05) is 12.7 Å². The van der Waals surface area contributed by atoms with Gasteiger partial charge in [-0.05, 0) is 67.1 Å². The monoisotopic (exact) mass is 483 g/mol. The van der Waals surface area contributed by atoms with Crippen molar-refractivity contribution in [1.29, 1.82) is 0 Å². The molecule has 0 saturated carbocycles. The van der Waals surface area contributed by atoms with E-state index in [9.17, 15) is 4.39 Å². The van der Waals surface area contributed by atoms with Crippen molar-refractivity contribution < 1.29 is 4.39 Å². The number of thioether (sulfide) groups is 1. The van der Waals surface area contributed by atoms with E-state index in [0.29, 0.717) is 5.16 Å². The summed E-state index contributed by atoms with van der Waals surface area (Å²) < 4.78 is 15.7. The van der Waals surface area contributed by atoms with Gasteiger partial charge in [-0.1, -0.05) is 30.0 Å². The summed E-state index contributed by atoms with van der Waals surface area (Å²) in [6.07, 6.45) is 7.47. The molecule has 5 heterocycles. The maximum absolute atomic E-state index is 13.9. The van der Waals surface area contributed by atoms with Crippen LogP contribution in [0.5, 0.6) is 0 Å². The summed E-state index contributed by atoms with van der Waals surface area (Å²) in [5.41, 5.74) is 4.79. The molecule has 0 unspecified atom stereocenters. The molecule has 1 saturated heterocycles. The van der Waals surface area contributed by atoms with Crippen LogP contribution in [-0.2, 0) is 0 Å². The van der Waals surface area contributed by atoms with Gasteiger partial charge in [0.05, 0.1) is 29.3 Å². The molecular formula is C26H22FN7S. The number of imidazole rings is 1. The smallest absolute Gasteiger partial charge is 0.187 e. The lowest BCUT2D eigenvalue weighted by molar-refractivity contribution is 0.617. The second kappa shape index (κ2) is 9.07. The average Bonchev–Trinajstić information content (AvgIpc) is 3.56. The number of aromatic nitrogens is 6. The van der Waals surface area contributed by atoms with E-state index in [-0.39, 0.29) is 11.9 Å². The van der Waals surface area contributed by atoms with Crippen LogP contribution in [0.1, 0.15) is 24.4 Å². The first-order chi connectivity index (χ1) is 17.2. The van der Waals surface area contributed by atoms with Crippen molar-refractivity contribution in [3.8, 4) is 22.8 Å². The number of hydrogen-bond acceptors (Lipinski definition) is 7. The van der Waals surface area contributed by atoms with E-state index in [1.807, 2.05) is 53.2 Å². The number of rotatable bonds is 5. The highest BCUT2D eigenvalue weighted by molar-refractivity contribution is 7.98. The van der Waals surface area contributed by atoms with E-state index < -0.39 is 0 Å². The predicted molar refractivity (Wildman–Crippen MR) is 135 cm³/mol. The molecular weight excluding hydrogens is 461 g/mol. The van der Waals surface area contributed by atoms with Crippen LogP contribution in [0.15, 0.2) is 78.2 Å². The van der Waals surface area contributed by atoms with Crippen molar-refractivity contribution in [3.05, 3.63) is 84.4 Å². The van der Waals surface area contributed by atoms with Crippen molar-refractivity contribution >= 4 is 23.2 Å². The third kappa shape index (κ3) is 4.12. The van der Waals surface area contributed by atoms with Gasteiger partial charge in [0.1, 0.15) is 17.3 Å². The van der Waals surface area contributed by atoms with Crippen molar-refractivity contribution in [2.75, 3.05) is 17.7 Å². The standard InChI is InChI=1S/C26H22FN7S/c1-35-26-28-13-12-20(31-26)19-7-3-8-21(30-19)23-16-29-24-10-11-25(32-34(23)24)33-14-4-9-22(33)17-5-2-6-18(27)15-17/h2-3,5-8,10-13,15-16,22H,4,9,14H2,1H3/t22-/m1/s1. The summed E-state index contributed by atoms with van der Waals surface area (Å²) in [6, 6.07) is 18.6. The number of pyridine rings is 1. The lowest BCUT2D eigenvalue weighted by Gasteiger charge is -2.26. The Hall–Kier alpha value is -3.85. The molecule has 1 aromatic carbocycles. The summed E-state index contributed by atoms with van der Waals surface area (Å²) in [5.74, 6) is 0.619. The van der Waals surface area contributed by atoms with Crippen LogP contribution in [0.4, 0.5) is 10.2 Å². The fraction of sp³-hybridized carbons (Fsp3) is 0.192. The Morgan fingerprint density at radius 1 is 0.943 bits per heavy atom. The largest absolute Gasteiger partial charge is 0.348 e. The zero-order chi connectivity index (χ0) is 23.8. The average molecular weight is 484 g/mol. The molecule has 4 aromatic heterocycles. The van der Waals surface area contributed by atoms with Crippen molar-refractivity contribution in [3.63, 3.8) is 0 Å². The third-order valence-corrected chi connectivity index (χ3v) is 6.78. The molecule has 6 rings (SSSR count). The molecule has 1 fully saturated rings. The molecule has 0 radical (unpaired) electrons. The molecule has 0 spiro atoms. The molecule has 5 aromatic rings. The minimum absolute atomic E-state index is 0.0903. The zero-order valence-electron chi connectivity index (χ0n) is 19.0. The van der Waals surface area contributed by atoms with Crippen molar-refractivity contribution in [2.45, 2.75) is 24.0 Å². The Kier molecular flexibility index (Phi) is 5.61. The number of halogens is 1. The molecule has 0 amide bonds. The lowest BCUT2D eigenvalue weighted by Crippen LogP contribution is -2.24. The van der Waals surface area contributed by atoms with Gasteiger partial charge >= 0.3 is 0 Å². The Morgan fingerprint density at radius 3 is 2.69 bits per heavy atom. The van der Waals surface area contributed by atoms with Crippen LogP contribution < -0.4 is 4.90 Å². The van der Waals surface area contributed by atoms with Gasteiger partial charge in [-0.2, -0.15) is 0 Å². The van der Waals surface area contributed by atoms with Crippen LogP contribution in [0.3, 0.4) is 0 Å². The van der Waals surface area contributed by atoms with Crippen LogP contribution in [0.25, 0.3) is 28.4 Å². The van der Waals surface area contributed by atoms with Crippen molar-refractivity contribution in [1.82, 2.24) is 29.5 Å². The minimum atomic E-state index is -0.214. The quantitative estimate of drug-likeness (QED) is 0.243. The summed E-state index contributed by atoms with van der Waals surface area (Å²) in [5, 5.41) is 5.64. The highest BCUT2D eigenvalue weighted by atomic mass is 32.2. The topological polar surface area (TPSA) is 72.1 Å². The molecule has 9 heteroatoms. The van der Waals surface area contributed by atoms with Crippen LogP contribution in [0, 0.1) is 5.82 Å². The van der Waals surface area contributed by atoms with Gasteiger partial charge in [-0.25, -0.2) is 28.8 Å². The Morgan fingerprint density at radius 2 is 1.80 bits per heavy atom. The van der Waals surface area contributed by atoms with Crippen LogP contribution in [0.2, 0.25) is 0 Å². The SMILES string of the molecule is CSc1nccc(-c2cccc(-c3cnc4ccc(N5CCC[C@@H]5c5cccc(F)c5)nn34)n2)n1. The van der Waals surface area contributed by atoms with E-state index in [4.69, 9.17) is 10.1 Å². The fourth-order valence-corrected chi connectivity index (χ4v) is 4.95. The van der Waals surface area contributed by atoms with Crippen LogP contribution >= 0.6 is 11.8 Å². The zero-order valence-corrected chi connectivity index (χ0v) is 19.9. The number of hydrogen-bond donors (Lipinski definition) is 0. The first-order valence-corrected chi connectivity index (χ1v) is 12.6. The number of anilines is 1. The van der Waals surface area contributed by atoms with Crippen LogP contribution in [-0.4, -0.2) is 42.4 Å². The first-order valence-electron chi connectivity index (χ1n) is 11.4. The molecule has 1 aliphatic rings. The second-order valence-corrected chi connectivity index (χ2v) is 9.12. The van der Waals surface area contributed by atoms with E-state index in [1.165, 1.54) is 17.8 Å². The number of nitrogens with zero attached hydrogens (tertiary/aromatic N) is 7. The van der Waals surface area contributed by atoms with E-state index in [2.05, 4.69) is 19.9 Å². The van der Waals surface area contributed by atoms with Gasteiger partial charge in [0.2, 0.25) is 0 Å². The van der Waals surface area contributed by atoms with E-state index in [0.717, 1.165) is 59.2 Å². The lowest BCUT2D eigenvalue weighted by atomic mass is 10.0. The molecule has 7 nitrogen and oxygen atoms in total. The van der Waals surface area contributed by atoms with E-state index in [1.54, 1.807) is 24.5 Å². The maximum Gasteiger partial charge on any atom is 0.187 e. The molecule has 1 aliphatic heterocycles. The summed E-state index contributed by atoms with van der Waals surface area (Å²) in [6.45, 7) is 0.864. The molecule has 0 N–H and O–H groups in total. The van der Waals surface area contributed by atoms with Gasteiger partial charge in [0.25, 0.3) is 0 Å². The summed E-state index contributed by atoms with van der Waals surface area (Å²) >= 11 is 1.49. The first kappa shape index (κ1) is 21.7. The maximum atomic E-state index is 13.9. The predicted octanol–water partition coefficient (Wildman–Crippen LogP) is 5.45. The number of fused-ring (bicyclic) bond motifs is 1. The molecule has 0 aliphatic carbocycles. The Labute approximate surface area is 206 Å². The van der Waals surface area contributed by atoms with Crippen molar-refractivity contribution in [2.24, 2.45) is 0 Å². The van der Waals surface area contributed by atoms with Gasteiger partial charge in [0.15, 0.2) is 10.8 Å². The molecule has 174 valence electrons.